The van der Waals surface area contributed by atoms with Crippen LogP contribution in [0.3, 0.4) is 0 Å². The van der Waals surface area contributed by atoms with E-state index >= 15 is 0 Å². The largest absolute Gasteiger partial charge is 0.112 e. The first kappa shape index (κ1) is 13.0. The molecule has 0 radical (unpaired) electrons. The maximum atomic E-state index is 3.70. The molecule has 0 spiro atoms. The summed E-state index contributed by atoms with van der Waals surface area (Å²) in [7, 11) is 0. The number of hydrogen-bond acceptors (Lipinski definition) is 0. The minimum Gasteiger partial charge on any atom is -0.112 e. The van der Waals surface area contributed by atoms with Crippen LogP contribution in [0.4, 0.5) is 0 Å². The minimum absolute atomic E-state index is 0.300. The Balaban J connectivity index is 2.19. The zero-order valence-corrected chi connectivity index (χ0v) is 12.4. The Kier molecular flexibility index (Phi) is 3.12. The zero-order chi connectivity index (χ0) is 14.2. The van der Waals surface area contributed by atoms with Crippen molar-refractivity contribution in [3.63, 3.8) is 0 Å². The second-order valence-corrected chi connectivity index (χ2v) is 6.09. The van der Waals surface area contributed by atoms with Gasteiger partial charge in [0.25, 0.3) is 0 Å². The Hall–Kier alpha value is -2.04. The average molecular weight is 260 g/mol. The molecule has 0 heterocycles. The van der Waals surface area contributed by atoms with E-state index in [1.165, 1.54) is 22.3 Å². The minimum atomic E-state index is 0.300. The first-order chi connectivity index (χ1) is 9.60. The molecule has 1 atom stereocenters. The van der Waals surface area contributed by atoms with E-state index in [9.17, 15) is 0 Å². The number of hydrogen-bond donors (Lipinski definition) is 0. The SMILES string of the molecule is CC1C(=C=C(c2ccccc2)c2ccccc2)C1(C)C. The van der Waals surface area contributed by atoms with Crippen molar-refractivity contribution in [2.45, 2.75) is 20.8 Å². The van der Waals surface area contributed by atoms with Gasteiger partial charge in [0.2, 0.25) is 0 Å². The van der Waals surface area contributed by atoms with Gasteiger partial charge in [-0.1, -0.05) is 81.4 Å². The van der Waals surface area contributed by atoms with Gasteiger partial charge < -0.3 is 0 Å². The highest BCUT2D eigenvalue weighted by molar-refractivity contribution is 5.80. The fraction of sp³-hybridized carbons (Fsp3) is 0.250. The van der Waals surface area contributed by atoms with Gasteiger partial charge in [0.05, 0.1) is 0 Å². The molecular weight excluding hydrogens is 240 g/mol. The van der Waals surface area contributed by atoms with Crippen LogP contribution in [0.1, 0.15) is 31.9 Å². The summed E-state index contributed by atoms with van der Waals surface area (Å²) in [6.07, 6.45) is 0. The van der Waals surface area contributed by atoms with Gasteiger partial charge in [-0.05, 0) is 22.6 Å². The lowest BCUT2D eigenvalue weighted by atomic mass is 9.98. The highest BCUT2D eigenvalue weighted by Gasteiger charge is 2.48. The molecule has 1 aliphatic rings. The molecule has 1 fully saturated rings. The molecule has 0 nitrogen and oxygen atoms in total. The van der Waals surface area contributed by atoms with Gasteiger partial charge in [0.1, 0.15) is 0 Å². The molecule has 2 aromatic rings. The first-order valence-corrected chi connectivity index (χ1v) is 7.23. The van der Waals surface area contributed by atoms with Crippen LogP contribution in [0, 0.1) is 11.3 Å². The van der Waals surface area contributed by atoms with E-state index in [0.717, 1.165) is 0 Å². The van der Waals surface area contributed by atoms with E-state index in [1.54, 1.807) is 0 Å². The Bertz CT molecular complexity index is 627. The third-order valence-corrected chi connectivity index (χ3v) is 4.51. The van der Waals surface area contributed by atoms with E-state index in [1.807, 2.05) is 0 Å². The molecule has 0 aromatic heterocycles. The smallest absolute Gasteiger partial charge is 0.0309 e. The van der Waals surface area contributed by atoms with E-state index < -0.39 is 0 Å². The summed E-state index contributed by atoms with van der Waals surface area (Å²) in [6.45, 7) is 6.89. The lowest BCUT2D eigenvalue weighted by molar-refractivity contribution is 0.596. The summed E-state index contributed by atoms with van der Waals surface area (Å²) >= 11 is 0. The fourth-order valence-electron chi connectivity index (χ4n) is 2.69. The lowest BCUT2D eigenvalue weighted by Crippen LogP contribution is -1.86. The molecule has 20 heavy (non-hydrogen) atoms. The van der Waals surface area contributed by atoms with Crippen LogP contribution in [0.25, 0.3) is 5.57 Å². The Morgan fingerprint density at radius 3 is 1.60 bits per heavy atom. The van der Waals surface area contributed by atoms with Gasteiger partial charge in [0, 0.05) is 11.0 Å². The summed E-state index contributed by atoms with van der Waals surface area (Å²) in [4.78, 5) is 0. The standard InChI is InChI=1S/C20H20/c1-15-19(20(15,2)3)14-18(16-10-6-4-7-11-16)17-12-8-5-9-13-17/h4-13,15H,1-3H3. The number of rotatable bonds is 2. The predicted octanol–water partition coefficient (Wildman–Crippen LogP) is 5.32. The van der Waals surface area contributed by atoms with E-state index in [-0.39, 0.29) is 0 Å². The molecule has 0 saturated heterocycles. The Morgan fingerprint density at radius 1 is 0.850 bits per heavy atom. The number of allylic oxidation sites excluding steroid dienone is 1. The zero-order valence-electron chi connectivity index (χ0n) is 12.4. The van der Waals surface area contributed by atoms with Crippen molar-refractivity contribution in [2.75, 3.05) is 0 Å². The van der Waals surface area contributed by atoms with Crippen molar-refractivity contribution in [1.82, 2.24) is 0 Å². The lowest BCUT2D eigenvalue weighted by Gasteiger charge is -2.05. The Labute approximate surface area is 121 Å². The van der Waals surface area contributed by atoms with Gasteiger partial charge >= 0.3 is 0 Å². The topological polar surface area (TPSA) is 0 Å². The van der Waals surface area contributed by atoms with Crippen molar-refractivity contribution < 1.29 is 0 Å². The molecular formula is C20H20. The van der Waals surface area contributed by atoms with Crippen molar-refractivity contribution in [3.8, 4) is 0 Å². The molecule has 0 amide bonds. The van der Waals surface area contributed by atoms with Crippen molar-refractivity contribution >= 4 is 5.57 Å². The fourth-order valence-corrected chi connectivity index (χ4v) is 2.69. The molecule has 0 aliphatic heterocycles. The van der Waals surface area contributed by atoms with E-state index in [4.69, 9.17) is 0 Å². The first-order valence-electron chi connectivity index (χ1n) is 7.23. The van der Waals surface area contributed by atoms with E-state index in [0.29, 0.717) is 11.3 Å². The highest BCUT2D eigenvalue weighted by atomic mass is 14.5. The average Bonchev–Trinajstić information content (AvgIpc) is 2.96. The summed E-state index contributed by atoms with van der Waals surface area (Å²) in [5.74, 6) is 0.630. The molecule has 100 valence electrons. The quantitative estimate of drug-likeness (QED) is 0.641. The van der Waals surface area contributed by atoms with Crippen LogP contribution in [-0.4, -0.2) is 0 Å². The summed E-state index contributed by atoms with van der Waals surface area (Å²) < 4.78 is 0. The van der Waals surface area contributed by atoms with Crippen molar-refractivity contribution in [3.05, 3.63) is 83.1 Å². The van der Waals surface area contributed by atoms with Gasteiger partial charge in [-0.25, -0.2) is 0 Å². The normalized spacial score (nSPS) is 19.4. The van der Waals surface area contributed by atoms with Crippen LogP contribution in [0.5, 0.6) is 0 Å². The monoisotopic (exact) mass is 260 g/mol. The molecule has 3 rings (SSSR count). The highest BCUT2D eigenvalue weighted by Crippen LogP contribution is 2.57. The second-order valence-electron chi connectivity index (χ2n) is 6.09. The molecule has 0 heteroatoms. The molecule has 0 N–H and O–H groups in total. The molecule has 2 aromatic carbocycles. The summed E-state index contributed by atoms with van der Waals surface area (Å²) in [5.41, 5.74) is 9.11. The summed E-state index contributed by atoms with van der Waals surface area (Å²) in [5, 5.41) is 0. The second kappa shape index (κ2) is 4.81. The molecule has 1 unspecified atom stereocenters. The molecule has 0 bridgehead atoms. The van der Waals surface area contributed by atoms with Crippen molar-refractivity contribution in [1.29, 1.82) is 0 Å². The summed E-state index contributed by atoms with van der Waals surface area (Å²) in [6, 6.07) is 21.1. The van der Waals surface area contributed by atoms with Gasteiger partial charge in [-0.15, -0.1) is 5.73 Å². The van der Waals surface area contributed by atoms with Crippen LogP contribution >= 0.6 is 0 Å². The van der Waals surface area contributed by atoms with Crippen LogP contribution < -0.4 is 0 Å². The molecule has 1 aliphatic carbocycles. The van der Waals surface area contributed by atoms with Crippen LogP contribution in [0.15, 0.2) is 72.0 Å². The van der Waals surface area contributed by atoms with Crippen molar-refractivity contribution in [2.24, 2.45) is 11.3 Å². The van der Waals surface area contributed by atoms with Gasteiger partial charge in [-0.2, -0.15) is 0 Å². The number of benzene rings is 2. The third-order valence-electron chi connectivity index (χ3n) is 4.51. The maximum Gasteiger partial charge on any atom is 0.0309 e. The third kappa shape index (κ3) is 2.24. The Morgan fingerprint density at radius 2 is 1.25 bits per heavy atom. The van der Waals surface area contributed by atoms with E-state index in [2.05, 4.69) is 87.2 Å². The molecule has 1 saturated carbocycles. The van der Waals surface area contributed by atoms with Crippen LogP contribution in [-0.2, 0) is 0 Å². The van der Waals surface area contributed by atoms with Crippen LogP contribution in [0.2, 0.25) is 0 Å². The van der Waals surface area contributed by atoms with Gasteiger partial charge in [0.15, 0.2) is 0 Å². The maximum absolute atomic E-state index is 3.70. The predicted molar refractivity (Wildman–Crippen MR) is 85.4 cm³/mol. The van der Waals surface area contributed by atoms with Gasteiger partial charge in [-0.3, -0.25) is 0 Å².